The van der Waals surface area contributed by atoms with Crippen molar-refractivity contribution in [2.75, 3.05) is 6.54 Å². The van der Waals surface area contributed by atoms with Crippen molar-refractivity contribution in [2.24, 2.45) is 5.14 Å². The number of nitrogens with one attached hydrogen (secondary N) is 1. The zero-order valence-corrected chi connectivity index (χ0v) is 15.4. The lowest BCUT2D eigenvalue weighted by molar-refractivity contribution is -0.121. The Bertz CT molecular complexity index is 583. The molecule has 0 atom stereocenters. The zero-order valence-electron chi connectivity index (χ0n) is 14.6. The molecule has 0 heterocycles. The van der Waals surface area contributed by atoms with Gasteiger partial charge in [0.15, 0.2) is 0 Å². The standard InChI is InChI=1S/C18H30N2O3S/c1-2-3-4-5-6-7-8-15-20-18(21)14-11-16-9-12-17(13-10-16)24(19,22)23/h9-10,12-13H,2-8,11,14-15H2,1H3,(H,20,21)(H2,19,22,23). The number of hydrogen-bond acceptors (Lipinski definition) is 3. The number of carbonyl (C=O) groups is 1. The van der Waals surface area contributed by atoms with Gasteiger partial charge >= 0.3 is 0 Å². The highest BCUT2D eigenvalue weighted by molar-refractivity contribution is 7.89. The van der Waals surface area contributed by atoms with E-state index in [1.807, 2.05) is 0 Å². The quantitative estimate of drug-likeness (QED) is 0.565. The van der Waals surface area contributed by atoms with E-state index in [0.29, 0.717) is 12.8 Å². The van der Waals surface area contributed by atoms with Crippen LogP contribution in [-0.4, -0.2) is 20.9 Å². The molecule has 3 N–H and O–H groups in total. The van der Waals surface area contributed by atoms with Gasteiger partial charge in [0.2, 0.25) is 15.9 Å². The van der Waals surface area contributed by atoms with Crippen molar-refractivity contribution < 1.29 is 13.2 Å². The molecule has 0 aliphatic rings. The molecule has 24 heavy (non-hydrogen) atoms. The lowest BCUT2D eigenvalue weighted by Gasteiger charge is -2.06. The van der Waals surface area contributed by atoms with Crippen LogP contribution in [0.1, 0.15) is 63.9 Å². The van der Waals surface area contributed by atoms with Gasteiger partial charge in [-0.25, -0.2) is 13.6 Å². The van der Waals surface area contributed by atoms with E-state index in [9.17, 15) is 13.2 Å². The summed E-state index contributed by atoms with van der Waals surface area (Å²) in [7, 11) is -3.66. The van der Waals surface area contributed by atoms with Crippen LogP contribution in [0.25, 0.3) is 0 Å². The second-order valence-electron chi connectivity index (χ2n) is 6.16. The summed E-state index contributed by atoms with van der Waals surface area (Å²) in [6.07, 6.45) is 9.62. The molecular formula is C18H30N2O3S. The number of hydrogen-bond donors (Lipinski definition) is 2. The van der Waals surface area contributed by atoms with E-state index in [1.165, 1.54) is 50.7 Å². The van der Waals surface area contributed by atoms with Gasteiger partial charge < -0.3 is 5.32 Å². The largest absolute Gasteiger partial charge is 0.356 e. The van der Waals surface area contributed by atoms with Crippen LogP contribution >= 0.6 is 0 Å². The second kappa shape index (κ2) is 11.2. The van der Waals surface area contributed by atoms with Crippen molar-refractivity contribution in [1.82, 2.24) is 5.32 Å². The van der Waals surface area contributed by atoms with Gasteiger partial charge in [0.1, 0.15) is 0 Å². The fourth-order valence-corrected chi connectivity index (χ4v) is 3.02. The Morgan fingerprint density at radius 3 is 2.17 bits per heavy atom. The van der Waals surface area contributed by atoms with E-state index in [0.717, 1.165) is 18.5 Å². The molecule has 0 radical (unpaired) electrons. The number of sulfonamides is 1. The highest BCUT2D eigenvalue weighted by atomic mass is 32.2. The van der Waals surface area contributed by atoms with Crippen LogP contribution in [0.2, 0.25) is 0 Å². The molecule has 0 aromatic heterocycles. The third-order valence-corrected chi connectivity index (χ3v) is 4.92. The lowest BCUT2D eigenvalue weighted by Crippen LogP contribution is -2.24. The highest BCUT2D eigenvalue weighted by Crippen LogP contribution is 2.10. The van der Waals surface area contributed by atoms with E-state index in [4.69, 9.17) is 5.14 Å². The molecule has 1 aromatic carbocycles. The molecule has 1 rings (SSSR count). The normalized spacial score (nSPS) is 11.4. The highest BCUT2D eigenvalue weighted by Gasteiger charge is 2.07. The molecule has 0 saturated carbocycles. The van der Waals surface area contributed by atoms with Crippen molar-refractivity contribution in [3.05, 3.63) is 29.8 Å². The molecule has 1 amide bonds. The number of benzene rings is 1. The molecule has 6 heteroatoms. The van der Waals surface area contributed by atoms with Gasteiger partial charge in [0.25, 0.3) is 0 Å². The van der Waals surface area contributed by atoms with E-state index in [-0.39, 0.29) is 10.8 Å². The first-order chi connectivity index (χ1) is 11.4. The smallest absolute Gasteiger partial charge is 0.238 e. The number of aryl methyl sites for hydroxylation is 1. The Balaban J connectivity index is 2.13. The summed E-state index contributed by atoms with van der Waals surface area (Å²) < 4.78 is 22.3. The van der Waals surface area contributed by atoms with Crippen molar-refractivity contribution >= 4 is 15.9 Å². The average molecular weight is 355 g/mol. The number of carbonyl (C=O) groups excluding carboxylic acids is 1. The number of unbranched alkanes of at least 4 members (excludes halogenated alkanes) is 6. The van der Waals surface area contributed by atoms with Gasteiger partial charge in [-0.1, -0.05) is 57.6 Å². The van der Waals surface area contributed by atoms with Gasteiger partial charge in [-0.3, -0.25) is 4.79 Å². The minimum Gasteiger partial charge on any atom is -0.356 e. The zero-order chi connectivity index (χ0) is 17.8. The molecular weight excluding hydrogens is 324 g/mol. The number of amides is 1. The molecule has 0 aliphatic carbocycles. The van der Waals surface area contributed by atoms with Crippen LogP contribution < -0.4 is 10.5 Å². The van der Waals surface area contributed by atoms with E-state index in [2.05, 4.69) is 12.2 Å². The second-order valence-corrected chi connectivity index (χ2v) is 7.72. The molecule has 0 fully saturated rings. The van der Waals surface area contributed by atoms with E-state index >= 15 is 0 Å². The van der Waals surface area contributed by atoms with Crippen LogP contribution in [-0.2, 0) is 21.2 Å². The third-order valence-electron chi connectivity index (χ3n) is 4.00. The maximum atomic E-state index is 11.8. The summed E-state index contributed by atoms with van der Waals surface area (Å²) in [6.45, 7) is 2.95. The Morgan fingerprint density at radius 1 is 1.00 bits per heavy atom. The van der Waals surface area contributed by atoms with Crippen molar-refractivity contribution in [3.63, 3.8) is 0 Å². The van der Waals surface area contributed by atoms with E-state index < -0.39 is 10.0 Å². The summed E-state index contributed by atoms with van der Waals surface area (Å²) in [5.41, 5.74) is 0.925. The lowest BCUT2D eigenvalue weighted by atomic mass is 10.1. The first-order valence-corrected chi connectivity index (χ1v) is 10.4. The van der Waals surface area contributed by atoms with Gasteiger partial charge in [-0.2, -0.15) is 0 Å². The van der Waals surface area contributed by atoms with Crippen LogP contribution in [0.15, 0.2) is 29.2 Å². The van der Waals surface area contributed by atoms with Crippen molar-refractivity contribution in [1.29, 1.82) is 0 Å². The monoisotopic (exact) mass is 354 g/mol. The Hall–Kier alpha value is -1.40. The van der Waals surface area contributed by atoms with Gasteiger partial charge in [-0.05, 0) is 30.5 Å². The summed E-state index contributed by atoms with van der Waals surface area (Å²) in [5, 5.41) is 7.99. The molecule has 5 nitrogen and oxygen atoms in total. The summed E-state index contributed by atoms with van der Waals surface area (Å²) >= 11 is 0. The fourth-order valence-electron chi connectivity index (χ4n) is 2.50. The molecule has 136 valence electrons. The molecule has 0 bridgehead atoms. The minimum atomic E-state index is -3.66. The Labute approximate surface area is 146 Å². The maximum absolute atomic E-state index is 11.8. The van der Waals surface area contributed by atoms with Crippen LogP contribution in [0.4, 0.5) is 0 Å². The number of nitrogens with two attached hydrogens (primary N) is 1. The number of rotatable bonds is 12. The summed E-state index contributed by atoms with van der Waals surface area (Å²) in [6, 6.07) is 6.34. The van der Waals surface area contributed by atoms with Crippen molar-refractivity contribution in [2.45, 2.75) is 69.6 Å². The Morgan fingerprint density at radius 2 is 1.58 bits per heavy atom. The van der Waals surface area contributed by atoms with Crippen molar-refractivity contribution in [3.8, 4) is 0 Å². The first-order valence-electron chi connectivity index (χ1n) is 8.82. The maximum Gasteiger partial charge on any atom is 0.238 e. The molecule has 0 unspecified atom stereocenters. The third kappa shape index (κ3) is 9.03. The predicted molar refractivity (Wildman–Crippen MR) is 97.1 cm³/mol. The van der Waals surface area contributed by atoms with E-state index in [1.54, 1.807) is 12.1 Å². The Kier molecular flexibility index (Phi) is 9.64. The SMILES string of the molecule is CCCCCCCCCNC(=O)CCc1ccc(S(N)(=O)=O)cc1. The topological polar surface area (TPSA) is 89.3 Å². The number of primary sulfonamides is 1. The van der Waals surface area contributed by atoms with Gasteiger partial charge in [0, 0.05) is 13.0 Å². The van der Waals surface area contributed by atoms with Gasteiger partial charge in [-0.15, -0.1) is 0 Å². The minimum absolute atomic E-state index is 0.0384. The molecule has 1 aromatic rings. The average Bonchev–Trinajstić information content (AvgIpc) is 2.55. The van der Waals surface area contributed by atoms with Crippen LogP contribution in [0.3, 0.4) is 0 Å². The fraction of sp³-hybridized carbons (Fsp3) is 0.611. The van der Waals surface area contributed by atoms with Gasteiger partial charge in [0.05, 0.1) is 4.90 Å². The molecule has 0 aliphatic heterocycles. The molecule has 0 saturated heterocycles. The summed E-state index contributed by atoms with van der Waals surface area (Å²) in [5.74, 6) is 0.0384. The predicted octanol–water partition coefficient (Wildman–Crippen LogP) is 3.13. The first kappa shape index (κ1) is 20.6. The van der Waals surface area contributed by atoms with Crippen LogP contribution in [0, 0.1) is 0 Å². The summed E-state index contributed by atoms with van der Waals surface area (Å²) in [4.78, 5) is 11.9. The van der Waals surface area contributed by atoms with Crippen LogP contribution in [0.5, 0.6) is 0 Å². The molecule has 0 spiro atoms.